The lowest BCUT2D eigenvalue weighted by Crippen LogP contribution is -2.42. The van der Waals surface area contributed by atoms with Crippen LogP contribution in [0.15, 0.2) is 0 Å². The molecule has 7 nitrogen and oxygen atoms in total. The molecular formula is C14H31NO6S. The van der Waals surface area contributed by atoms with Crippen molar-refractivity contribution in [3.05, 3.63) is 0 Å². The van der Waals surface area contributed by atoms with Crippen LogP contribution in [-0.2, 0) is 24.3 Å². The van der Waals surface area contributed by atoms with E-state index in [-0.39, 0.29) is 24.5 Å². The molecule has 134 valence electrons. The molecule has 0 spiro atoms. The van der Waals surface area contributed by atoms with Gasteiger partial charge in [-0.3, -0.25) is 9.45 Å². The Hall–Kier alpha value is -0.250. The predicted octanol–water partition coefficient (Wildman–Crippen LogP) is 1.04. The Morgan fingerprint density at radius 2 is 1.86 bits per heavy atom. The Morgan fingerprint density at radius 3 is 2.36 bits per heavy atom. The van der Waals surface area contributed by atoms with Crippen molar-refractivity contribution in [2.75, 3.05) is 52.8 Å². The molecule has 0 aromatic heterocycles. The molecule has 0 aromatic carbocycles. The molecule has 0 aliphatic heterocycles. The summed E-state index contributed by atoms with van der Waals surface area (Å²) in [7, 11) is -0.773. The smallest absolute Gasteiger partial charge is 0.266 e. The van der Waals surface area contributed by atoms with Gasteiger partial charge in [0.05, 0.1) is 24.6 Å². The predicted molar refractivity (Wildman–Crippen MR) is 85.9 cm³/mol. The van der Waals surface area contributed by atoms with Crippen LogP contribution in [0.5, 0.6) is 0 Å². The van der Waals surface area contributed by atoms with E-state index in [1.807, 2.05) is 11.8 Å². The number of hydrogen-bond acceptors (Lipinski definition) is 6. The number of nitrogens with zero attached hydrogens (tertiary/aromatic N) is 1. The van der Waals surface area contributed by atoms with Gasteiger partial charge in [0.25, 0.3) is 10.1 Å². The van der Waals surface area contributed by atoms with E-state index in [9.17, 15) is 8.42 Å². The van der Waals surface area contributed by atoms with E-state index >= 15 is 0 Å². The van der Waals surface area contributed by atoms with Crippen molar-refractivity contribution in [1.82, 2.24) is 4.90 Å². The van der Waals surface area contributed by atoms with Crippen molar-refractivity contribution in [2.24, 2.45) is 0 Å². The van der Waals surface area contributed by atoms with E-state index in [1.165, 1.54) is 0 Å². The third kappa shape index (κ3) is 12.3. The van der Waals surface area contributed by atoms with Crippen molar-refractivity contribution in [3.63, 3.8) is 0 Å². The van der Waals surface area contributed by atoms with Crippen LogP contribution in [0, 0.1) is 0 Å². The second-order valence-electron chi connectivity index (χ2n) is 5.38. The number of hydrogen-bond donors (Lipinski definition) is 1. The average Bonchev–Trinajstić information content (AvgIpc) is 2.46. The molecule has 2 unspecified atom stereocenters. The summed E-state index contributed by atoms with van der Waals surface area (Å²) in [6.45, 7) is 6.45. The third-order valence-corrected chi connectivity index (χ3v) is 4.02. The third-order valence-electron chi connectivity index (χ3n) is 3.32. The van der Waals surface area contributed by atoms with Gasteiger partial charge in [-0.2, -0.15) is 8.42 Å². The van der Waals surface area contributed by atoms with Crippen LogP contribution in [0.2, 0.25) is 0 Å². The molecule has 0 bridgehead atoms. The highest BCUT2D eigenvalue weighted by atomic mass is 32.2. The van der Waals surface area contributed by atoms with Crippen molar-refractivity contribution >= 4 is 10.1 Å². The topological polar surface area (TPSA) is 85.3 Å². The lowest BCUT2D eigenvalue weighted by molar-refractivity contribution is -0.0174. The van der Waals surface area contributed by atoms with Crippen molar-refractivity contribution in [2.45, 2.75) is 38.9 Å². The van der Waals surface area contributed by atoms with Gasteiger partial charge in [0, 0.05) is 40.5 Å². The SMILES string of the molecule is CCCCOCC(CN(CCS(=O)(=O)O)CC(C)OC)OC. The average molecular weight is 341 g/mol. The zero-order valence-electron chi connectivity index (χ0n) is 14.2. The van der Waals surface area contributed by atoms with Gasteiger partial charge in [-0.15, -0.1) is 0 Å². The van der Waals surface area contributed by atoms with E-state index in [2.05, 4.69) is 6.92 Å². The van der Waals surface area contributed by atoms with Gasteiger partial charge < -0.3 is 14.2 Å². The summed E-state index contributed by atoms with van der Waals surface area (Å²) >= 11 is 0. The minimum atomic E-state index is -3.98. The lowest BCUT2D eigenvalue weighted by atomic mass is 10.3. The fourth-order valence-electron chi connectivity index (χ4n) is 1.88. The van der Waals surface area contributed by atoms with Crippen molar-refractivity contribution in [1.29, 1.82) is 0 Å². The van der Waals surface area contributed by atoms with Gasteiger partial charge >= 0.3 is 0 Å². The van der Waals surface area contributed by atoms with Crippen molar-refractivity contribution in [3.8, 4) is 0 Å². The summed E-state index contributed by atoms with van der Waals surface area (Å²) in [6, 6.07) is 0. The summed E-state index contributed by atoms with van der Waals surface area (Å²) in [4.78, 5) is 1.90. The molecule has 0 radical (unpaired) electrons. The highest BCUT2D eigenvalue weighted by Gasteiger charge is 2.18. The standard InChI is InChI=1S/C14H31NO6S/c1-5-6-8-21-12-14(20-4)11-15(10-13(2)19-3)7-9-22(16,17)18/h13-14H,5-12H2,1-4H3,(H,16,17,18). The monoisotopic (exact) mass is 341 g/mol. The van der Waals surface area contributed by atoms with Gasteiger partial charge in [-0.25, -0.2) is 0 Å². The number of ether oxygens (including phenoxy) is 3. The quantitative estimate of drug-likeness (QED) is 0.373. The Morgan fingerprint density at radius 1 is 1.18 bits per heavy atom. The van der Waals surface area contributed by atoms with E-state index in [4.69, 9.17) is 18.8 Å². The molecule has 8 heteroatoms. The molecular weight excluding hydrogens is 310 g/mol. The van der Waals surface area contributed by atoms with Crippen LogP contribution in [0.25, 0.3) is 0 Å². The molecule has 0 aliphatic carbocycles. The van der Waals surface area contributed by atoms with E-state index in [0.29, 0.717) is 26.3 Å². The van der Waals surface area contributed by atoms with Crippen LogP contribution in [0.3, 0.4) is 0 Å². The van der Waals surface area contributed by atoms with Crippen LogP contribution >= 0.6 is 0 Å². The minimum Gasteiger partial charge on any atom is -0.380 e. The van der Waals surface area contributed by atoms with Gasteiger partial charge in [-0.1, -0.05) is 13.3 Å². The molecule has 2 atom stereocenters. The summed E-state index contributed by atoms with van der Waals surface area (Å²) in [5, 5.41) is 0. The number of methoxy groups -OCH3 is 2. The molecule has 22 heavy (non-hydrogen) atoms. The van der Waals surface area contributed by atoms with Crippen LogP contribution < -0.4 is 0 Å². The molecule has 1 N–H and O–H groups in total. The second-order valence-corrected chi connectivity index (χ2v) is 6.95. The molecule has 0 rings (SSSR count). The largest absolute Gasteiger partial charge is 0.380 e. The van der Waals surface area contributed by atoms with Gasteiger partial charge in [0.1, 0.15) is 0 Å². The van der Waals surface area contributed by atoms with Crippen molar-refractivity contribution < 1.29 is 27.2 Å². The fraction of sp³-hybridized carbons (Fsp3) is 1.00. The molecule has 0 amide bonds. The summed E-state index contributed by atoms with van der Waals surface area (Å²) in [6.07, 6.45) is 1.88. The maximum atomic E-state index is 10.9. The number of unbranched alkanes of at least 4 members (excludes halogenated alkanes) is 1. The van der Waals surface area contributed by atoms with E-state index in [0.717, 1.165) is 12.8 Å². The first-order chi connectivity index (χ1) is 10.3. The van der Waals surface area contributed by atoms with E-state index < -0.39 is 10.1 Å². The fourth-order valence-corrected chi connectivity index (χ4v) is 2.37. The molecule has 0 saturated carbocycles. The molecule has 0 heterocycles. The second kappa shape index (κ2) is 12.2. The number of rotatable bonds is 14. The first-order valence-electron chi connectivity index (χ1n) is 7.63. The van der Waals surface area contributed by atoms with Gasteiger partial charge in [0.15, 0.2) is 0 Å². The Labute approximate surface area is 134 Å². The van der Waals surface area contributed by atoms with Crippen LogP contribution in [0.4, 0.5) is 0 Å². The normalized spacial score (nSPS) is 15.2. The lowest BCUT2D eigenvalue weighted by Gasteiger charge is -2.28. The zero-order chi connectivity index (χ0) is 17.0. The molecule has 0 fully saturated rings. The Kier molecular flexibility index (Phi) is 12.1. The van der Waals surface area contributed by atoms with Crippen LogP contribution in [-0.4, -0.2) is 82.9 Å². The Balaban J connectivity index is 4.42. The zero-order valence-corrected chi connectivity index (χ0v) is 15.0. The molecule has 0 aliphatic rings. The first kappa shape index (κ1) is 21.8. The maximum absolute atomic E-state index is 10.9. The summed E-state index contributed by atoms with van der Waals surface area (Å²) in [5.41, 5.74) is 0. The highest BCUT2D eigenvalue weighted by Crippen LogP contribution is 2.03. The minimum absolute atomic E-state index is 0.0417. The summed E-state index contributed by atoms with van der Waals surface area (Å²) < 4.78 is 46.9. The molecule has 0 saturated heterocycles. The van der Waals surface area contributed by atoms with Gasteiger partial charge in [-0.05, 0) is 13.3 Å². The first-order valence-corrected chi connectivity index (χ1v) is 9.24. The maximum Gasteiger partial charge on any atom is 0.266 e. The summed E-state index contributed by atoms with van der Waals surface area (Å²) in [5.74, 6) is -0.309. The van der Waals surface area contributed by atoms with Gasteiger partial charge in [0.2, 0.25) is 0 Å². The highest BCUT2D eigenvalue weighted by molar-refractivity contribution is 7.85. The Bertz CT molecular complexity index is 362. The van der Waals surface area contributed by atoms with Crippen LogP contribution in [0.1, 0.15) is 26.7 Å². The van der Waals surface area contributed by atoms with E-state index in [1.54, 1.807) is 14.2 Å². The molecule has 0 aromatic rings.